The first kappa shape index (κ1) is 12.8. The monoisotopic (exact) mass is 335 g/mol. The van der Waals surface area contributed by atoms with Crippen molar-refractivity contribution in [1.29, 1.82) is 0 Å². The standard InChI is InChI=1S/C14H14BrN3S/c1-2-18-11-4-3-9(8-16)7-10(11)17-14(18)12-5-6-13(15)19-12/h3-7H,2,8,16H2,1H3. The summed E-state index contributed by atoms with van der Waals surface area (Å²) in [5.74, 6) is 1.03. The lowest BCUT2D eigenvalue weighted by molar-refractivity contribution is 0.798. The van der Waals surface area contributed by atoms with Crippen LogP contribution in [0.3, 0.4) is 0 Å². The third-order valence-electron chi connectivity index (χ3n) is 3.16. The Morgan fingerprint density at radius 1 is 1.32 bits per heavy atom. The summed E-state index contributed by atoms with van der Waals surface area (Å²) in [6.07, 6.45) is 0. The zero-order valence-corrected chi connectivity index (χ0v) is 13.0. The third kappa shape index (κ3) is 2.22. The predicted molar refractivity (Wildman–Crippen MR) is 84.3 cm³/mol. The fraction of sp³-hybridized carbons (Fsp3) is 0.214. The summed E-state index contributed by atoms with van der Waals surface area (Å²) in [5.41, 5.74) is 9.00. The molecule has 0 unspecified atom stereocenters. The van der Waals surface area contributed by atoms with E-state index < -0.39 is 0 Å². The Kier molecular flexibility index (Phi) is 3.43. The van der Waals surface area contributed by atoms with Gasteiger partial charge in [-0.1, -0.05) is 6.07 Å². The van der Waals surface area contributed by atoms with Crippen LogP contribution >= 0.6 is 27.3 Å². The molecule has 1 aromatic carbocycles. The average Bonchev–Trinajstić information content (AvgIpc) is 3.00. The first-order valence-electron chi connectivity index (χ1n) is 6.18. The van der Waals surface area contributed by atoms with Crippen molar-refractivity contribution in [2.45, 2.75) is 20.0 Å². The van der Waals surface area contributed by atoms with Gasteiger partial charge in [0.2, 0.25) is 0 Å². The SMILES string of the molecule is CCn1c(-c2ccc(Br)s2)nc2cc(CN)ccc21. The topological polar surface area (TPSA) is 43.8 Å². The van der Waals surface area contributed by atoms with Crippen LogP contribution in [0.25, 0.3) is 21.7 Å². The molecule has 0 atom stereocenters. The zero-order valence-electron chi connectivity index (χ0n) is 10.6. The van der Waals surface area contributed by atoms with Crippen molar-refractivity contribution >= 4 is 38.3 Å². The smallest absolute Gasteiger partial charge is 0.151 e. The highest BCUT2D eigenvalue weighted by molar-refractivity contribution is 9.11. The van der Waals surface area contributed by atoms with E-state index in [0.29, 0.717) is 6.54 Å². The van der Waals surface area contributed by atoms with Crippen LogP contribution in [-0.4, -0.2) is 9.55 Å². The Balaban J connectivity index is 2.24. The van der Waals surface area contributed by atoms with E-state index in [1.807, 2.05) is 0 Å². The Labute approximate surface area is 124 Å². The van der Waals surface area contributed by atoms with Crippen molar-refractivity contribution in [3.63, 3.8) is 0 Å². The molecule has 0 radical (unpaired) electrons. The lowest BCUT2D eigenvalue weighted by Gasteiger charge is -2.04. The number of nitrogens with two attached hydrogens (primary N) is 1. The van der Waals surface area contributed by atoms with E-state index in [9.17, 15) is 0 Å². The molecule has 0 bridgehead atoms. The minimum Gasteiger partial charge on any atom is -0.326 e. The molecular weight excluding hydrogens is 322 g/mol. The normalized spacial score (nSPS) is 11.3. The highest BCUT2D eigenvalue weighted by Crippen LogP contribution is 2.33. The van der Waals surface area contributed by atoms with Gasteiger partial charge in [0, 0.05) is 13.1 Å². The number of aromatic nitrogens is 2. The van der Waals surface area contributed by atoms with Gasteiger partial charge in [-0.3, -0.25) is 0 Å². The van der Waals surface area contributed by atoms with E-state index in [1.54, 1.807) is 11.3 Å². The number of hydrogen-bond donors (Lipinski definition) is 1. The van der Waals surface area contributed by atoms with E-state index in [0.717, 1.165) is 27.2 Å². The molecule has 3 aromatic rings. The Morgan fingerprint density at radius 3 is 2.79 bits per heavy atom. The molecule has 19 heavy (non-hydrogen) atoms. The molecule has 0 saturated heterocycles. The molecule has 0 aliphatic heterocycles. The molecule has 3 nitrogen and oxygen atoms in total. The fourth-order valence-electron chi connectivity index (χ4n) is 2.25. The summed E-state index contributed by atoms with van der Waals surface area (Å²) in [7, 11) is 0. The van der Waals surface area contributed by atoms with Crippen molar-refractivity contribution in [2.75, 3.05) is 0 Å². The minimum atomic E-state index is 0.550. The van der Waals surface area contributed by atoms with Gasteiger partial charge >= 0.3 is 0 Å². The first-order chi connectivity index (χ1) is 9.22. The summed E-state index contributed by atoms with van der Waals surface area (Å²) in [4.78, 5) is 5.95. The maximum atomic E-state index is 5.69. The van der Waals surface area contributed by atoms with E-state index in [2.05, 4.69) is 57.8 Å². The molecule has 0 aliphatic rings. The summed E-state index contributed by atoms with van der Waals surface area (Å²) < 4.78 is 3.37. The molecule has 5 heteroatoms. The molecular formula is C14H14BrN3S. The van der Waals surface area contributed by atoms with E-state index in [4.69, 9.17) is 10.7 Å². The van der Waals surface area contributed by atoms with Crippen molar-refractivity contribution < 1.29 is 0 Å². The van der Waals surface area contributed by atoms with Crippen LogP contribution in [0, 0.1) is 0 Å². The molecule has 0 saturated carbocycles. The molecule has 2 N–H and O–H groups in total. The lowest BCUT2D eigenvalue weighted by Crippen LogP contribution is -1.97. The summed E-state index contributed by atoms with van der Waals surface area (Å²) in [6.45, 7) is 3.60. The molecule has 0 aliphatic carbocycles. The van der Waals surface area contributed by atoms with Crippen LogP contribution in [0.4, 0.5) is 0 Å². The second-order valence-corrected chi connectivity index (χ2v) is 6.77. The van der Waals surface area contributed by atoms with Crippen LogP contribution < -0.4 is 5.73 Å². The Hall–Kier alpha value is -1.17. The van der Waals surface area contributed by atoms with Crippen LogP contribution in [-0.2, 0) is 13.1 Å². The maximum absolute atomic E-state index is 5.69. The van der Waals surface area contributed by atoms with Crippen molar-refractivity contribution in [2.24, 2.45) is 5.73 Å². The third-order valence-corrected chi connectivity index (χ3v) is 4.78. The molecule has 98 valence electrons. The van der Waals surface area contributed by atoms with E-state index in [1.165, 1.54) is 10.4 Å². The van der Waals surface area contributed by atoms with Gasteiger partial charge in [-0.2, -0.15) is 0 Å². The van der Waals surface area contributed by atoms with E-state index >= 15 is 0 Å². The van der Waals surface area contributed by atoms with Gasteiger partial charge < -0.3 is 10.3 Å². The lowest BCUT2D eigenvalue weighted by atomic mass is 10.2. The van der Waals surface area contributed by atoms with Crippen molar-refractivity contribution in [3.05, 3.63) is 39.7 Å². The number of halogens is 1. The number of aryl methyl sites for hydroxylation is 1. The van der Waals surface area contributed by atoms with Gasteiger partial charge in [0.15, 0.2) is 5.82 Å². The second-order valence-electron chi connectivity index (χ2n) is 4.31. The molecule has 3 rings (SSSR count). The summed E-state index contributed by atoms with van der Waals surface area (Å²) in [6, 6.07) is 10.4. The number of rotatable bonds is 3. The maximum Gasteiger partial charge on any atom is 0.151 e. The van der Waals surface area contributed by atoms with Gasteiger partial charge in [0.1, 0.15) is 0 Å². The van der Waals surface area contributed by atoms with Gasteiger partial charge in [-0.15, -0.1) is 11.3 Å². The molecule has 0 spiro atoms. The molecule has 2 aromatic heterocycles. The van der Waals surface area contributed by atoms with Crippen LogP contribution in [0.1, 0.15) is 12.5 Å². The number of hydrogen-bond acceptors (Lipinski definition) is 3. The highest BCUT2D eigenvalue weighted by atomic mass is 79.9. The summed E-state index contributed by atoms with van der Waals surface area (Å²) >= 11 is 5.21. The fourth-order valence-corrected chi connectivity index (χ4v) is 3.63. The Bertz CT molecular complexity index is 729. The van der Waals surface area contributed by atoms with E-state index in [-0.39, 0.29) is 0 Å². The van der Waals surface area contributed by atoms with Gasteiger partial charge in [0.05, 0.1) is 19.7 Å². The van der Waals surface area contributed by atoms with Crippen LogP contribution in [0.15, 0.2) is 34.1 Å². The van der Waals surface area contributed by atoms with Crippen LogP contribution in [0.5, 0.6) is 0 Å². The zero-order chi connectivity index (χ0) is 13.4. The van der Waals surface area contributed by atoms with Crippen molar-refractivity contribution in [3.8, 4) is 10.7 Å². The summed E-state index contributed by atoms with van der Waals surface area (Å²) in [5, 5.41) is 0. The van der Waals surface area contributed by atoms with Crippen LogP contribution in [0.2, 0.25) is 0 Å². The molecule has 2 heterocycles. The number of fused-ring (bicyclic) bond motifs is 1. The minimum absolute atomic E-state index is 0.550. The number of benzene rings is 1. The van der Waals surface area contributed by atoms with Gasteiger partial charge in [0.25, 0.3) is 0 Å². The van der Waals surface area contributed by atoms with Gasteiger partial charge in [-0.05, 0) is 52.7 Å². The average molecular weight is 336 g/mol. The second kappa shape index (κ2) is 5.07. The quantitative estimate of drug-likeness (QED) is 0.785. The molecule has 0 fully saturated rings. The van der Waals surface area contributed by atoms with Crippen molar-refractivity contribution in [1.82, 2.24) is 9.55 Å². The Morgan fingerprint density at radius 2 is 2.16 bits per heavy atom. The molecule has 0 amide bonds. The predicted octanol–water partition coefficient (Wildman–Crippen LogP) is 4.01. The number of thiophene rings is 1. The first-order valence-corrected chi connectivity index (χ1v) is 7.79. The number of nitrogens with zero attached hydrogens (tertiary/aromatic N) is 2. The van der Waals surface area contributed by atoms with Gasteiger partial charge in [-0.25, -0.2) is 4.98 Å². The highest BCUT2D eigenvalue weighted by Gasteiger charge is 2.13. The number of imidazole rings is 1. The largest absolute Gasteiger partial charge is 0.326 e.